The fourth-order valence-corrected chi connectivity index (χ4v) is 3.33. The van der Waals surface area contributed by atoms with E-state index in [9.17, 15) is 0 Å². The predicted octanol–water partition coefficient (Wildman–Crippen LogP) is 2.17. The molecule has 0 bridgehead atoms. The molecule has 0 aromatic carbocycles. The molecule has 1 fully saturated rings. The molecule has 1 aliphatic carbocycles. The Morgan fingerprint density at radius 3 is 2.43 bits per heavy atom. The lowest BCUT2D eigenvalue weighted by atomic mass is 9.58. The van der Waals surface area contributed by atoms with E-state index in [4.69, 9.17) is 9.47 Å². The number of nitrogens with one attached hydrogen (secondary N) is 2. The third-order valence-electron chi connectivity index (χ3n) is 4.75. The molecular formula is C16H33N3O2. The molecule has 2 unspecified atom stereocenters. The lowest BCUT2D eigenvalue weighted by molar-refractivity contribution is -0.133. The summed E-state index contributed by atoms with van der Waals surface area (Å²) in [5.41, 5.74) is 0.230. The van der Waals surface area contributed by atoms with E-state index in [1.165, 1.54) is 0 Å². The Hall–Kier alpha value is -0.810. The van der Waals surface area contributed by atoms with Gasteiger partial charge in [-0.2, -0.15) is 0 Å². The number of rotatable bonds is 9. The van der Waals surface area contributed by atoms with Gasteiger partial charge in [0.1, 0.15) is 0 Å². The van der Waals surface area contributed by atoms with Gasteiger partial charge >= 0.3 is 0 Å². The highest BCUT2D eigenvalue weighted by Gasteiger charge is 2.53. The van der Waals surface area contributed by atoms with Gasteiger partial charge in [-0.05, 0) is 33.1 Å². The summed E-state index contributed by atoms with van der Waals surface area (Å²) in [6, 6.07) is 0.433. The minimum Gasteiger partial charge on any atom is -0.380 e. The number of ether oxygens (including phenoxy) is 2. The molecule has 1 rings (SSSR count). The van der Waals surface area contributed by atoms with Crippen LogP contribution in [0.2, 0.25) is 0 Å². The summed E-state index contributed by atoms with van der Waals surface area (Å²) in [4.78, 5) is 4.31. The van der Waals surface area contributed by atoms with Crippen LogP contribution in [-0.2, 0) is 9.47 Å². The van der Waals surface area contributed by atoms with Crippen molar-refractivity contribution in [1.29, 1.82) is 0 Å². The predicted molar refractivity (Wildman–Crippen MR) is 87.8 cm³/mol. The average Bonchev–Trinajstić information content (AvgIpc) is 2.49. The van der Waals surface area contributed by atoms with Crippen molar-refractivity contribution < 1.29 is 9.47 Å². The van der Waals surface area contributed by atoms with Crippen LogP contribution >= 0.6 is 0 Å². The van der Waals surface area contributed by atoms with Crippen LogP contribution in [0.5, 0.6) is 0 Å². The molecule has 0 aromatic rings. The molecule has 0 saturated heterocycles. The maximum absolute atomic E-state index is 5.91. The van der Waals surface area contributed by atoms with Crippen LogP contribution in [0.1, 0.15) is 47.0 Å². The van der Waals surface area contributed by atoms with E-state index in [0.29, 0.717) is 18.8 Å². The summed E-state index contributed by atoms with van der Waals surface area (Å²) in [5.74, 6) is 0.862. The zero-order valence-electron chi connectivity index (χ0n) is 14.4. The molecule has 1 aliphatic rings. The second-order valence-corrected chi connectivity index (χ2v) is 5.51. The number of guanidine groups is 1. The third kappa shape index (κ3) is 4.33. The lowest BCUT2D eigenvalue weighted by Gasteiger charge is -2.55. The number of nitrogens with zero attached hydrogens (tertiary/aromatic N) is 1. The van der Waals surface area contributed by atoms with Crippen LogP contribution in [0, 0.1) is 5.41 Å². The minimum absolute atomic E-state index is 0.230. The van der Waals surface area contributed by atoms with Crippen molar-refractivity contribution in [3.63, 3.8) is 0 Å². The van der Waals surface area contributed by atoms with Gasteiger partial charge in [0.2, 0.25) is 0 Å². The second kappa shape index (κ2) is 9.26. The summed E-state index contributed by atoms with van der Waals surface area (Å²) >= 11 is 0. The van der Waals surface area contributed by atoms with E-state index in [0.717, 1.165) is 45.0 Å². The molecule has 2 atom stereocenters. The fraction of sp³-hybridized carbons (Fsp3) is 0.938. The monoisotopic (exact) mass is 299 g/mol. The molecule has 5 nitrogen and oxygen atoms in total. The zero-order valence-corrected chi connectivity index (χ0v) is 14.4. The standard InChI is InChI=1S/C16H33N3O2/c1-6-16(7-2)13(12-14(16)21-9-4)19-15(17-5)18-10-11-20-8-3/h13-14H,6-12H2,1-5H3,(H2,17,18,19). The smallest absolute Gasteiger partial charge is 0.191 e. The van der Waals surface area contributed by atoms with Crippen molar-refractivity contribution in [3.05, 3.63) is 0 Å². The molecule has 0 aliphatic heterocycles. The molecule has 2 N–H and O–H groups in total. The van der Waals surface area contributed by atoms with Crippen LogP contribution in [-0.4, -0.2) is 51.5 Å². The quantitative estimate of drug-likeness (QED) is 0.389. The molecule has 124 valence electrons. The molecule has 21 heavy (non-hydrogen) atoms. The van der Waals surface area contributed by atoms with Crippen LogP contribution in [0.25, 0.3) is 0 Å². The fourth-order valence-electron chi connectivity index (χ4n) is 3.33. The number of hydrogen-bond acceptors (Lipinski definition) is 3. The zero-order chi connectivity index (χ0) is 15.7. The maximum atomic E-state index is 5.91. The Morgan fingerprint density at radius 2 is 1.90 bits per heavy atom. The van der Waals surface area contributed by atoms with Gasteiger partial charge in [0.15, 0.2) is 5.96 Å². The van der Waals surface area contributed by atoms with Crippen LogP contribution in [0.4, 0.5) is 0 Å². The molecular weight excluding hydrogens is 266 g/mol. The van der Waals surface area contributed by atoms with Crippen molar-refractivity contribution in [2.45, 2.75) is 59.1 Å². The van der Waals surface area contributed by atoms with Crippen LogP contribution in [0.3, 0.4) is 0 Å². The van der Waals surface area contributed by atoms with Crippen molar-refractivity contribution in [2.75, 3.05) is 33.4 Å². The topological polar surface area (TPSA) is 54.9 Å². The largest absolute Gasteiger partial charge is 0.380 e. The van der Waals surface area contributed by atoms with Gasteiger partial charge < -0.3 is 20.1 Å². The van der Waals surface area contributed by atoms with E-state index in [1.54, 1.807) is 0 Å². The molecule has 0 heterocycles. The van der Waals surface area contributed by atoms with Gasteiger partial charge in [-0.15, -0.1) is 0 Å². The van der Waals surface area contributed by atoms with E-state index < -0.39 is 0 Å². The Labute approximate surface area is 129 Å². The highest BCUT2D eigenvalue weighted by molar-refractivity contribution is 5.80. The first-order valence-electron chi connectivity index (χ1n) is 8.34. The molecule has 0 aromatic heterocycles. The van der Waals surface area contributed by atoms with Crippen molar-refractivity contribution in [2.24, 2.45) is 10.4 Å². The van der Waals surface area contributed by atoms with Gasteiger partial charge in [-0.25, -0.2) is 0 Å². The second-order valence-electron chi connectivity index (χ2n) is 5.51. The Morgan fingerprint density at radius 1 is 1.19 bits per heavy atom. The summed E-state index contributed by atoms with van der Waals surface area (Å²) in [6.07, 6.45) is 3.68. The normalized spacial score (nSPS) is 24.5. The van der Waals surface area contributed by atoms with E-state index in [2.05, 4.69) is 36.4 Å². The van der Waals surface area contributed by atoms with Crippen LogP contribution in [0.15, 0.2) is 4.99 Å². The summed E-state index contributed by atoms with van der Waals surface area (Å²) in [7, 11) is 1.81. The molecule has 0 amide bonds. The van der Waals surface area contributed by atoms with Crippen molar-refractivity contribution >= 4 is 5.96 Å². The molecule has 5 heteroatoms. The molecule has 0 radical (unpaired) electrons. The van der Waals surface area contributed by atoms with Gasteiger partial charge in [0, 0.05) is 38.3 Å². The molecule has 1 saturated carbocycles. The summed E-state index contributed by atoms with van der Waals surface area (Å²) < 4.78 is 11.3. The van der Waals surface area contributed by atoms with Crippen molar-refractivity contribution in [3.8, 4) is 0 Å². The van der Waals surface area contributed by atoms with Crippen molar-refractivity contribution in [1.82, 2.24) is 10.6 Å². The van der Waals surface area contributed by atoms with E-state index in [1.807, 2.05) is 14.0 Å². The van der Waals surface area contributed by atoms with Gasteiger partial charge in [-0.3, -0.25) is 4.99 Å². The maximum Gasteiger partial charge on any atom is 0.191 e. The van der Waals surface area contributed by atoms with E-state index in [-0.39, 0.29) is 5.41 Å². The first kappa shape index (κ1) is 18.2. The van der Waals surface area contributed by atoms with E-state index >= 15 is 0 Å². The Kier molecular flexibility index (Phi) is 8.04. The Balaban J connectivity index is 2.52. The van der Waals surface area contributed by atoms with Crippen LogP contribution < -0.4 is 10.6 Å². The first-order valence-corrected chi connectivity index (χ1v) is 8.34. The number of hydrogen-bond donors (Lipinski definition) is 2. The highest BCUT2D eigenvalue weighted by Crippen LogP contribution is 2.48. The first-order chi connectivity index (χ1) is 10.2. The minimum atomic E-state index is 0.230. The van der Waals surface area contributed by atoms with Gasteiger partial charge in [0.05, 0.1) is 12.7 Å². The number of aliphatic imine (C=N–C) groups is 1. The third-order valence-corrected chi connectivity index (χ3v) is 4.75. The average molecular weight is 299 g/mol. The molecule has 0 spiro atoms. The van der Waals surface area contributed by atoms with Gasteiger partial charge in [0.25, 0.3) is 0 Å². The highest BCUT2D eigenvalue weighted by atomic mass is 16.5. The SMILES string of the molecule is CCOCCNC(=NC)NC1CC(OCC)C1(CC)CC. The summed E-state index contributed by atoms with van der Waals surface area (Å²) in [6.45, 7) is 11.6. The van der Waals surface area contributed by atoms with Gasteiger partial charge in [-0.1, -0.05) is 13.8 Å². The lowest BCUT2D eigenvalue weighted by Crippen LogP contribution is -2.65. The Bertz CT molecular complexity index is 317. The summed E-state index contributed by atoms with van der Waals surface area (Å²) in [5, 5.41) is 6.87.